The summed E-state index contributed by atoms with van der Waals surface area (Å²) in [5.74, 6) is -0.767. The summed E-state index contributed by atoms with van der Waals surface area (Å²) in [6, 6.07) is 9.61. The molecule has 0 bridgehead atoms. The predicted molar refractivity (Wildman–Crippen MR) is 106 cm³/mol. The Morgan fingerprint density at radius 3 is 2.70 bits per heavy atom. The Kier molecular flexibility index (Phi) is 7.08. The van der Waals surface area contributed by atoms with Crippen molar-refractivity contribution in [2.24, 2.45) is 0 Å². The normalized spacial score (nSPS) is 11.5. The number of benzene rings is 1. The molecule has 0 radical (unpaired) electrons. The van der Waals surface area contributed by atoms with Gasteiger partial charge in [0.05, 0.1) is 23.9 Å². The van der Waals surface area contributed by atoms with E-state index in [1.54, 1.807) is 20.8 Å². The van der Waals surface area contributed by atoms with Crippen molar-refractivity contribution in [2.75, 3.05) is 11.9 Å². The van der Waals surface area contributed by atoms with E-state index in [4.69, 9.17) is 10.00 Å². The van der Waals surface area contributed by atoms with Gasteiger partial charge in [0.15, 0.2) is 0 Å². The Bertz CT molecular complexity index is 883. The number of nitriles is 1. The largest absolute Gasteiger partial charge is 0.462 e. The van der Waals surface area contributed by atoms with Gasteiger partial charge in [-0.15, -0.1) is 11.8 Å². The molecule has 1 amide bonds. The lowest BCUT2D eigenvalue weighted by Crippen LogP contribution is -2.15. The lowest BCUT2D eigenvalue weighted by Gasteiger charge is -2.13. The summed E-state index contributed by atoms with van der Waals surface area (Å²) in [6.45, 7) is 7.45. The average Bonchev–Trinajstić information content (AvgIpc) is 2.91. The number of aryl methyl sites for hydroxylation is 1. The minimum absolute atomic E-state index is 0.109. The summed E-state index contributed by atoms with van der Waals surface area (Å²) in [5, 5.41) is 11.9. The molecule has 1 unspecified atom stereocenters. The minimum atomic E-state index is -0.441. The maximum Gasteiger partial charge on any atom is 0.340 e. The number of aromatic nitrogens is 1. The second-order valence-electron chi connectivity index (χ2n) is 6.09. The lowest BCUT2D eigenvalue weighted by atomic mass is 10.1. The van der Waals surface area contributed by atoms with Crippen LogP contribution in [0.3, 0.4) is 0 Å². The maximum absolute atomic E-state index is 12.8. The molecule has 2 N–H and O–H groups in total. The number of hydrogen-bond donors (Lipinski definition) is 2. The van der Waals surface area contributed by atoms with Crippen LogP contribution < -0.4 is 5.32 Å². The quantitative estimate of drug-likeness (QED) is 0.542. The number of para-hydroxylation sites is 1. The molecule has 1 aromatic heterocycles. The van der Waals surface area contributed by atoms with E-state index < -0.39 is 5.97 Å². The lowest BCUT2D eigenvalue weighted by molar-refractivity contribution is 0.0525. The molecule has 0 aliphatic rings. The van der Waals surface area contributed by atoms with Crippen molar-refractivity contribution in [1.29, 1.82) is 5.26 Å². The SMILES string of the molecule is CCOC(=O)c1c(C)[nH]c(C(=O)Nc2ccccc2SC(C)CC#N)c1C. The fourth-order valence-electron chi connectivity index (χ4n) is 2.73. The number of rotatable bonds is 7. The van der Waals surface area contributed by atoms with Gasteiger partial charge in [-0.25, -0.2) is 4.79 Å². The van der Waals surface area contributed by atoms with Crippen LogP contribution in [0.5, 0.6) is 0 Å². The van der Waals surface area contributed by atoms with E-state index in [9.17, 15) is 9.59 Å². The number of nitrogens with one attached hydrogen (secondary N) is 2. The Morgan fingerprint density at radius 1 is 1.33 bits per heavy atom. The number of carbonyl (C=O) groups is 2. The number of hydrogen-bond acceptors (Lipinski definition) is 5. The summed E-state index contributed by atoms with van der Waals surface area (Å²) in [7, 11) is 0. The second kappa shape index (κ2) is 9.28. The fourth-order valence-corrected chi connectivity index (χ4v) is 3.73. The molecule has 142 valence electrons. The molecule has 27 heavy (non-hydrogen) atoms. The molecular weight excluding hydrogens is 362 g/mol. The van der Waals surface area contributed by atoms with Crippen molar-refractivity contribution in [3.63, 3.8) is 0 Å². The number of thioether (sulfide) groups is 1. The number of H-pyrrole nitrogens is 1. The molecular formula is C20H23N3O3S. The first kappa shape index (κ1) is 20.6. The van der Waals surface area contributed by atoms with Crippen LogP contribution in [0.1, 0.15) is 52.4 Å². The third kappa shape index (κ3) is 4.92. The van der Waals surface area contributed by atoms with Crippen LogP contribution in [0.15, 0.2) is 29.2 Å². The molecule has 7 heteroatoms. The Hall–Kier alpha value is -2.72. The predicted octanol–water partition coefficient (Wildman–Crippen LogP) is 4.45. The molecule has 0 spiro atoms. The average molecular weight is 385 g/mol. The number of ether oxygens (including phenoxy) is 1. The van der Waals surface area contributed by atoms with E-state index in [1.807, 2.05) is 31.2 Å². The van der Waals surface area contributed by atoms with Crippen LogP contribution in [-0.2, 0) is 4.74 Å². The number of nitrogens with zero attached hydrogens (tertiary/aromatic N) is 1. The molecule has 1 atom stereocenters. The van der Waals surface area contributed by atoms with Crippen molar-refractivity contribution in [3.05, 3.63) is 46.8 Å². The Morgan fingerprint density at radius 2 is 2.04 bits per heavy atom. The monoisotopic (exact) mass is 385 g/mol. The molecule has 6 nitrogen and oxygen atoms in total. The molecule has 0 aliphatic heterocycles. The first-order valence-corrected chi connectivity index (χ1v) is 9.57. The standard InChI is InChI=1S/C20H23N3O3S/c1-5-26-20(25)17-13(3)18(22-14(17)4)19(24)23-15-8-6-7-9-16(15)27-12(2)10-11-21/h6-9,12,22H,5,10H2,1-4H3,(H,23,24). The minimum Gasteiger partial charge on any atom is -0.462 e. The molecule has 0 saturated heterocycles. The molecule has 1 heterocycles. The van der Waals surface area contributed by atoms with Gasteiger partial charge in [-0.05, 0) is 38.5 Å². The van der Waals surface area contributed by atoms with Gasteiger partial charge in [0.1, 0.15) is 5.69 Å². The van der Waals surface area contributed by atoms with Crippen LogP contribution in [0, 0.1) is 25.2 Å². The van der Waals surface area contributed by atoms with E-state index in [0.29, 0.717) is 34.6 Å². The van der Waals surface area contributed by atoms with Gasteiger partial charge in [0.2, 0.25) is 0 Å². The van der Waals surface area contributed by atoms with Crippen LogP contribution >= 0.6 is 11.8 Å². The summed E-state index contributed by atoms with van der Waals surface area (Å²) in [6.07, 6.45) is 0.421. The smallest absolute Gasteiger partial charge is 0.340 e. The number of anilines is 1. The van der Waals surface area contributed by atoms with E-state index in [-0.39, 0.29) is 17.8 Å². The zero-order valence-corrected chi connectivity index (χ0v) is 16.7. The fraction of sp³-hybridized carbons (Fsp3) is 0.350. The molecule has 0 saturated carbocycles. The van der Waals surface area contributed by atoms with Crippen LogP contribution in [0.25, 0.3) is 0 Å². The van der Waals surface area contributed by atoms with Gasteiger partial charge in [-0.2, -0.15) is 5.26 Å². The summed E-state index contributed by atoms with van der Waals surface area (Å²) >= 11 is 1.53. The highest BCUT2D eigenvalue weighted by Crippen LogP contribution is 2.32. The number of carbonyl (C=O) groups excluding carboxylic acids is 2. The highest BCUT2D eigenvalue weighted by Gasteiger charge is 2.23. The van der Waals surface area contributed by atoms with Gasteiger partial charge in [-0.3, -0.25) is 4.79 Å². The van der Waals surface area contributed by atoms with Crippen molar-refractivity contribution < 1.29 is 14.3 Å². The first-order valence-electron chi connectivity index (χ1n) is 8.69. The van der Waals surface area contributed by atoms with Crippen LogP contribution in [0.4, 0.5) is 5.69 Å². The van der Waals surface area contributed by atoms with Crippen molar-refractivity contribution in [3.8, 4) is 6.07 Å². The topological polar surface area (TPSA) is 95.0 Å². The van der Waals surface area contributed by atoms with Crippen molar-refractivity contribution in [2.45, 2.75) is 44.3 Å². The summed E-state index contributed by atoms with van der Waals surface area (Å²) in [4.78, 5) is 28.8. The highest BCUT2D eigenvalue weighted by atomic mass is 32.2. The van der Waals surface area contributed by atoms with Gasteiger partial charge < -0.3 is 15.0 Å². The number of esters is 1. The molecule has 0 aliphatic carbocycles. The summed E-state index contributed by atoms with van der Waals surface area (Å²) in [5.41, 5.74) is 2.56. The third-order valence-electron chi connectivity index (χ3n) is 3.99. The second-order valence-corrected chi connectivity index (χ2v) is 7.57. The number of aromatic amines is 1. The molecule has 2 rings (SSSR count). The van der Waals surface area contributed by atoms with Crippen molar-refractivity contribution >= 4 is 29.3 Å². The van der Waals surface area contributed by atoms with Crippen molar-refractivity contribution in [1.82, 2.24) is 4.98 Å². The summed E-state index contributed by atoms with van der Waals surface area (Å²) < 4.78 is 5.07. The van der Waals surface area contributed by atoms with Gasteiger partial charge in [-0.1, -0.05) is 19.1 Å². The zero-order chi connectivity index (χ0) is 20.0. The molecule has 1 aromatic carbocycles. The van der Waals surface area contributed by atoms with E-state index >= 15 is 0 Å². The van der Waals surface area contributed by atoms with Crippen LogP contribution in [-0.4, -0.2) is 28.7 Å². The van der Waals surface area contributed by atoms with E-state index in [2.05, 4.69) is 16.4 Å². The molecule has 2 aromatic rings. The maximum atomic E-state index is 12.8. The highest BCUT2D eigenvalue weighted by molar-refractivity contribution is 8.00. The Balaban J connectivity index is 2.25. The number of amides is 1. The van der Waals surface area contributed by atoms with E-state index in [1.165, 1.54) is 11.8 Å². The van der Waals surface area contributed by atoms with E-state index in [0.717, 1.165) is 4.90 Å². The van der Waals surface area contributed by atoms with Gasteiger partial charge in [0, 0.05) is 22.3 Å². The molecule has 0 fully saturated rings. The Labute approximate surface area is 163 Å². The van der Waals surface area contributed by atoms with Crippen LogP contribution in [0.2, 0.25) is 0 Å². The third-order valence-corrected chi connectivity index (χ3v) is 5.17. The first-order chi connectivity index (χ1) is 12.9. The van der Waals surface area contributed by atoms with Gasteiger partial charge >= 0.3 is 5.97 Å². The van der Waals surface area contributed by atoms with Gasteiger partial charge in [0.25, 0.3) is 5.91 Å². The zero-order valence-electron chi connectivity index (χ0n) is 15.9.